The van der Waals surface area contributed by atoms with Gasteiger partial charge in [-0.25, -0.2) is 4.39 Å². The number of rotatable bonds is 2. The molecule has 2 N–H and O–H groups in total. The number of halogens is 1. The summed E-state index contributed by atoms with van der Waals surface area (Å²) >= 11 is 0. The highest BCUT2D eigenvalue weighted by Gasteiger charge is 2.15. The van der Waals surface area contributed by atoms with Crippen LogP contribution < -0.4 is 5.73 Å². The number of hydrogen-bond acceptors (Lipinski definition) is 4. The molecule has 1 rings (SSSR count). The molecule has 0 amide bonds. The molecule has 0 unspecified atom stereocenters. The van der Waals surface area contributed by atoms with Gasteiger partial charge in [-0.2, -0.15) is 0 Å². The van der Waals surface area contributed by atoms with E-state index in [4.69, 9.17) is 5.73 Å². The minimum atomic E-state index is -0.863. The summed E-state index contributed by atoms with van der Waals surface area (Å²) in [5, 5.41) is 10.3. The lowest BCUT2D eigenvalue weighted by Gasteiger charge is -1.98. The van der Waals surface area contributed by atoms with Gasteiger partial charge in [0.05, 0.1) is 10.5 Å². The van der Waals surface area contributed by atoms with Crippen LogP contribution in [0.25, 0.3) is 0 Å². The van der Waals surface area contributed by atoms with Gasteiger partial charge in [0.2, 0.25) is 0 Å². The third kappa shape index (κ3) is 1.61. The lowest BCUT2D eigenvalue weighted by atomic mass is 10.2. The number of aldehydes is 1. The molecule has 13 heavy (non-hydrogen) atoms. The van der Waals surface area contributed by atoms with Gasteiger partial charge in [-0.05, 0) is 0 Å². The maximum atomic E-state index is 12.8. The SMILES string of the molecule is Nc1cc(F)c(C=O)cc1[N+](=O)[O-]. The van der Waals surface area contributed by atoms with E-state index < -0.39 is 16.4 Å². The molecule has 0 spiro atoms. The molecule has 6 heteroatoms. The van der Waals surface area contributed by atoms with E-state index in [1.807, 2.05) is 0 Å². The molecule has 0 saturated heterocycles. The summed E-state index contributed by atoms with van der Waals surface area (Å²) in [6.07, 6.45) is 0.196. The van der Waals surface area contributed by atoms with Crippen LogP contribution in [0.2, 0.25) is 0 Å². The van der Waals surface area contributed by atoms with Crippen LogP contribution in [-0.4, -0.2) is 11.2 Å². The lowest BCUT2D eigenvalue weighted by molar-refractivity contribution is -0.384. The third-order valence-corrected chi connectivity index (χ3v) is 1.47. The number of nitro benzene ring substituents is 1. The lowest BCUT2D eigenvalue weighted by Crippen LogP contribution is -1.99. The molecule has 0 aliphatic rings. The van der Waals surface area contributed by atoms with Gasteiger partial charge < -0.3 is 5.73 Å². The minimum absolute atomic E-state index is 0.196. The van der Waals surface area contributed by atoms with E-state index in [2.05, 4.69) is 0 Å². The molecule has 0 heterocycles. The van der Waals surface area contributed by atoms with Gasteiger partial charge in [-0.1, -0.05) is 0 Å². The topological polar surface area (TPSA) is 86.2 Å². The van der Waals surface area contributed by atoms with E-state index in [1.54, 1.807) is 0 Å². The Balaban J connectivity index is 3.38. The highest BCUT2D eigenvalue weighted by molar-refractivity contribution is 5.79. The van der Waals surface area contributed by atoms with E-state index >= 15 is 0 Å². The Morgan fingerprint density at radius 2 is 2.15 bits per heavy atom. The van der Waals surface area contributed by atoms with E-state index in [0.29, 0.717) is 0 Å². The van der Waals surface area contributed by atoms with Crippen molar-refractivity contribution in [3.8, 4) is 0 Å². The number of nitro groups is 1. The number of anilines is 1. The Morgan fingerprint density at radius 3 is 2.62 bits per heavy atom. The average Bonchev–Trinajstić information content (AvgIpc) is 2.03. The van der Waals surface area contributed by atoms with Crippen LogP contribution in [0.1, 0.15) is 10.4 Å². The second-order valence-corrected chi connectivity index (χ2v) is 2.31. The monoisotopic (exact) mass is 184 g/mol. The van der Waals surface area contributed by atoms with Gasteiger partial charge in [-0.15, -0.1) is 0 Å². The van der Waals surface area contributed by atoms with E-state index in [-0.39, 0.29) is 17.5 Å². The molecule has 0 atom stereocenters. The van der Waals surface area contributed by atoms with Crippen molar-refractivity contribution in [2.75, 3.05) is 5.73 Å². The summed E-state index contributed by atoms with van der Waals surface area (Å²) in [5.41, 5.74) is 4.01. The van der Waals surface area contributed by atoms with Crippen LogP contribution in [0.4, 0.5) is 15.8 Å². The van der Waals surface area contributed by atoms with Crippen molar-refractivity contribution in [1.29, 1.82) is 0 Å². The molecule has 68 valence electrons. The Bertz CT molecular complexity index is 378. The first-order valence-corrected chi connectivity index (χ1v) is 3.25. The molecule has 0 bridgehead atoms. The first-order valence-electron chi connectivity index (χ1n) is 3.25. The van der Waals surface area contributed by atoms with E-state index in [1.165, 1.54) is 0 Å². The Hall–Kier alpha value is -1.98. The summed E-state index contributed by atoms with van der Waals surface area (Å²) in [4.78, 5) is 19.7. The zero-order chi connectivity index (χ0) is 10.0. The maximum Gasteiger partial charge on any atom is 0.293 e. The van der Waals surface area contributed by atoms with Crippen LogP contribution in [-0.2, 0) is 0 Å². The molecule has 0 aliphatic heterocycles. The number of hydrogen-bond donors (Lipinski definition) is 1. The largest absolute Gasteiger partial charge is 0.393 e. The smallest absolute Gasteiger partial charge is 0.293 e. The zero-order valence-electron chi connectivity index (χ0n) is 6.36. The van der Waals surface area contributed by atoms with Gasteiger partial charge in [0.15, 0.2) is 6.29 Å². The number of carbonyl (C=O) groups excluding carboxylic acids is 1. The minimum Gasteiger partial charge on any atom is -0.393 e. The highest BCUT2D eigenvalue weighted by Crippen LogP contribution is 2.23. The first kappa shape index (κ1) is 9.11. The van der Waals surface area contributed by atoms with Crippen molar-refractivity contribution in [3.05, 3.63) is 33.6 Å². The van der Waals surface area contributed by atoms with Crippen LogP contribution >= 0.6 is 0 Å². The second kappa shape index (κ2) is 3.18. The summed E-state index contributed by atoms with van der Waals surface area (Å²) in [6, 6.07) is 1.56. The number of benzene rings is 1. The molecule has 0 fully saturated rings. The Kier molecular flexibility index (Phi) is 2.23. The fraction of sp³-hybridized carbons (Fsp3) is 0. The average molecular weight is 184 g/mol. The van der Waals surface area contributed by atoms with Crippen LogP contribution in [0.15, 0.2) is 12.1 Å². The predicted molar refractivity (Wildman–Crippen MR) is 42.9 cm³/mol. The van der Waals surface area contributed by atoms with E-state index in [9.17, 15) is 19.3 Å². The van der Waals surface area contributed by atoms with Crippen molar-refractivity contribution in [1.82, 2.24) is 0 Å². The van der Waals surface area contributed by atoms with Crippen molar-refractivity contribution in [2.45, 2.75) is 0 Å². The van der Waals surface area contributed by atoms with Crippen molar-refractivity contribution in [3.63, 3.8) is 0 Å². The van der Waals surface area contributed by atoms with Crippen molar-refractivity contribution < 1.29 is 14.1 Å². The first-order chi connectivity index (χ1) is 6.06. The molecular weight excluding hydrogens is 179 g/mol. The standard InChI is InChI=1S/C7H5FN2O3/c8-5-2-6(9)7(10(12)13)1-4(5)3-11/h1-3H,9H2. The highest BCUT2D eigenvalue weighted by atomic mass is 19.1. The third-order valence-electron chi connectivity index (χ3n) is 1.47. The summed E-state index contributed by atoms with van der Waals surface area (Å²) in [6.45, 7) is 0. The Labute approximate surface area is 72.1 Å². The van der Waals surface area contributed by atoms with Gasteiger partial charge in [0.1, 0.15) is 11.5 Å². The molecular formula is C7H5FN2O3. The van der Waals surface area contributed by atoms with Crippen molar-refractivity contribution >= 4 is 17.7 Å². The normalized spacial score (nSPS) is 9.62. The molecule has 0 radical (unpaired) electrons. The molecule has 1 aromatic rings. The number of nitrogens with zero attached hydrogens (tertiary/aromatic N) is 1. The number of carbonyl (C=O) groups is 1. The molecule has 0 aromatic heterocycles. The van der Waals surface area contributed by atoms with Gasteiger partial charge in [0.25, 0.3) is 5.69 Å². The number of nitrogen functional groups attached to an aromatic ring is 1. The summed E-state index contributed by atoms with van der Waals surface area (Å²) in [7, 11) is 0. The van der Waals surface area contributed by atoms with Gasteiger partial charge >= 0.3 is 0 Å². The van der Waals surface area contributed by atoms with Crippen LogP contribution in [0.3, 0.4) is 0 Å². The molecule has 5 nitrogen and oxygen atoms in total. The second-order valence-electron chi connectivity index (χ2n) is 2.31. The quantitative estimate of drug-likeness (QED) is 0.323. The summed E-state index contributed by atoms with van der Waals surface area (Å²) in [5.74, 6) is -0.863. The predicted octanol–water partition coefficient (Wildman–Crippen LogP) is 1.13. The zero-order valence-corrected chi connectivity index (χ0v) is 6.36. The molecule has 1 aromatic carbocycles. The number of nitrogens with two attached hydrogens (primary N) is 1. The fourth-order valence-electron chi connectivity index (χ4n) is 0.842. The van der Waals surface area contributed by atoms with Crippen LogP contribution in [0.5, 0.6) is 0 Å². The Morgan fingerprint density at radius 1 is 1.54 bits per heavy atom. The van der Waals surface area contributed by atoms with Crippen molar-refractivity contribution in [2.24, 2.45) is 0 Å². The molecule has 0 saturated carbocycles. The van der Waals surface area contributed by atoms with Gasteiger partial charge in [-0.3, -0.25) is 14.9 Å². The summed E-state index contributed by atoms with van der Waals surface area (Å²) < 4.78 is 12.8. The maximum absolute atomic E-state index is 12.8. The van der Waals surface area contributed by atoms with Crippen LogP contribution in [0, 0.1) is 15.9 Å². The fourth-order valence-corrected chi connectivity index (χ4v) is 0.842. The van der Waals surface area contributed by atoms with Gasteiger partial charge in [0, 0.05) is 12.1 Å². The van der Waals surface area contributed by atoms with E-state index in [0.717, 1.165) is 12.1 Å². The molecule has 0 aliphatic carbocycles.